The number of hydrogen-bond acceptors (Lipinski definition) is 5. The molecule has 5 aromatic rings. The van der Waals surface area contributed by atoms with Gasteiger partial charge in [0.2, 0.25) is 5.88 Å². The number of methoxy groups -OCH3 is 1. The highest BCUT2D eigenvalue weighted by Crippen LogP contribution is 2.37. The van der Waals surface area contributed by atoms with Crippen LogP contribution in [0.15, 0.2) is 73.2 Å². The predicted molar refractivity (Wildman–Crippen MR) is 122 cm³/mol. The third kappa shape index (κ3) is 2.91. The summed E-state index contributed by atoms with van der Waals surface area (Å²) in [5, 5.41) is 2.35. The summed E-state index contributed by atoms with van der Waals surface area (Å²) in [7, 11) is 1.63. The fourth-order valence-corrected chi connectivity index (χ4v) is 4.41. The van der Waals surface area contributed by atoms with Crippen LogP contribution in [0.2, 0.25) is 0 Å². The topological polar surface area (TPSA) is 55.6 Å². The van der Waals surface area contributed by atoms with Crippen LogP contribution in [0.4, 0.5) is 11.6 Å². The van der Waals surface area contributed by atoms with E-state index in [0.29, 0.717) is 5.88 Å². The molecule has 0 saturated heterocycles. The molecule has 5 heterocycles. The first-order valence-corrected chi connectivity index (χ1v) is 10.4. The highest BCUT2D eigenvalue weighted by atomic mass is 16.5. The van der Waals surface area contributed by atoms with Crippen molar-refractivity contribution >= 4 is 28.1 Å². The number of benzene rings is 1. The second kappa shape index (κ2) is 7.09. The summed E-state index contributed by atoms with van der Waals surface area (Å²) < 4.78 is 7.39. The molecule has 0 spiro atoms. The Bertz CT molecular complexity index is 1400. The molecule has 1 aliphatic rings. The van der Waals surface area contributed by atoms with Crippen LogP contribution in [0.3, 0.4) is 0 Å². The molecule has 31 heavy (non-hydrogen) atoms. The standard InChI is InChI=1S/C25H21N5O/c1-31-23-11-9-18(15-27-23)19-8-10-22-28-21-7-4-14-29(25(21)30(22)16-19)24-20-6-3-2-5-17(20)12-13-26-24/h2-3,5-6,8-13,15-16H,4,7,14H2,1H3. The van der Waals surface area contributed by atoms with Gasteiger partial charge in [0.25, 0.3) is 0 Å². The predicted octanol–water partition coefficient (Wildman–Crippen LogP) is 5.04. The SMILES string of the molecule is COc1ccc(-c2ccc3nc4c(n3c2)N(c2nccc3ccccc23)CCC4)cn1. The van der Waals surface area contributed by atoms with Crippen molar-refractivity contribution in [2.45, 2.75) is 12.8 Å². The third-order valence-corrected chi connectivity index (χ3v) is 5.90. The minimum absolute atomic E-state index is 0.609. The van der Waals surface area contributed by atoms with Crippen LogP contribution >= 0.6 is 0 Å². The number of rotatable bonds is 3. The summed E-state index contributed by atoms with van der Waals surface area (Å²) >= 11 is 0. The second-order valence-corrected chi connectivity index (χ2v) is 7.73. The Balaban J connectivity index is 1.53. The van der Waals surface area contributed by atoms with Gasteiger partial charge in [-0.2, -0.15) is 0 Å². The zero-order valence-electron chi connectivity index (χ0n) is 17.2. The Morgan fingerprint density at radius 2 is 1.84 bits per heavy atom. The van der Waals surface area contributed by atoms with E-state index in [9.17, 15) is 0 Å². The molecule has 0 radical (unpaired) electrons. The number of aryl methyl sites for hydroxylation is 1. The number of ether oxygens (including phenoxy) is 1. The maximum Gasteiger partial charge on any atom is 0.212 e. The highest BCUT2D eigenvalue weighted by Gasteiger charge is 2.26. The van der Waals surface area contributed by atoms with Crippen molar-refractivity contribution in [3.8, 4) is 17.0 Å². The van der Waals surface area contributed by atoms with Crippen molar-refractivity contribution in [2.24, 2.45) is 0 Å². The monoisotopic (exact) mass is 407 g/mol. The number of fused-ring (bicyclic) bond motifs is 4. The molecule has 4 aromatic heterocycles. The summed E-state index contributed by atoms with van der Waals surface area (Å²) in [5.74, 6) is 2.70. The maximum absolute atomic E-state index is 5.20. The van der Waals surface area contributed by atoms with E-state index in [2.05, 4.69) is 62.9 Å². The van der Waals surface area contributed by atoms with Gasteiger partial charge in [0.05, 0.1) is 12.8 Å². The summed E-state index contributed by atoms with van der Waals surface area (Å²) in [6.07, 6.45) is 7.90. The molecule has 6 nitrogen and oxygen atoms in total. The first-order chi connectivity index (χ1) is 15.3. The van der Waals surface area contributed by atoms with Crippen LogP contribution in [0.5, 0.6) is 5.88 Å². The first-order valence-electron chi connectivity index (χ1n) is 10.4. The number of aromatic nitrogens is 4. The quantitative estimate of drug-likeness (QED) is 0.419. The molecule has 1 aliphatic heterocycles. The van der Waals surface area contributed by atoms with E-state index in [1.807, 2.05) is 24.5 Å². The number of nitrogens with zero attached hydrogens (tertiary/aromatic N) is 5. The summed E-state index contributed by atoms with van der Waals surface area (Å²) in [6.45, 7) is 0.913. The highest BCUT2D eigenvalue weighted by molar-refractivity contribution is 5.94. The molecule has 0 saturated carbocycles. The lowest BCUT2D eigenvalue weighted by Gasteiger charge is -2.28. The Morgan fingerprint density at radius 3 is 2.71 bits per heavy atom. The number of anilines is 2. The van der Waals surface area contributed by atoms with E-state index >= 15 is 0 Å². The third-order valence-electron chi connectivity index (χ3n) is 5.90. The Kier molecular flexibility index (Phi) is 4.09. The van der Waals surface area contributed by atoms with Gasteiger partial charge in [0.15, 0.2) is 0 Å². The molecule has 6 rings (SSSR count). The van der Waals surface area contributed by atoms with Gasteiger partial charge in [-0.05, 0) is 42.5 Å². The minimum Gasteiger partial charge on any atom is -0.481 e. The Morgan fingerprint density at radius 1 is 0.935 bits per heavy atom. The van der Waals surface area contributed by atoms with Gasteiger partial charge in [0.1, 0.15) is 17.3 Å². The fourth-order valence-electron chi connectivity index (χ4n) is 4.41. The van der Waals surface area contributed by atoms with E-state index in [1.165, 1.54) is 5.39 Å². The molecule has 0 amide bonds. The van der Waals surface area contributed by atoms with E-state index in [1.54, 1.807) is 7.11 Å². The number of hydrogen-bond donors (Lipinski definition) is 0. The van der Waals surface area contributed by atoms with Crippen LogP contribution in [-0.4, -0.2) is 33.0 Å². The average Bonchev–Trinajstić information content (AvgIpc) is 3.22. The zero-order chi connectivity index (χ0) is 20.8. The molecular weight excluding hydrogens is 386 g/mol. The van der Waals surface area contributed by atoms with Gasteiger partial charge < -0.3 is 9.64 Å². The van der Waals surface area contributed by atoms with Gasteiger partial charge in [-0.3, -0.25) is 4.40 Å². The van der Waals surface area contributed by atoms with Crippen LogP contribution in [0, 0.1) is 0 Å². The maximum atomic E-state index is 5.20. The van der Waals surface area contributed by atoms with E-state index < -0.39 is 0 Å². The molecule has 152 valence electrons. The van der Waals surface area contributed by atoms with Crippen molar-refractivity contribution in [3.05, 3.63) is 78.9 Å². The van der Waals surface area contributed by atoms with Gasteiger partial charge in [0, 0.05) is 47.7 Å². The fraction of sp³-hybridized carbons (Fsp3) is 0.160. The molecule has 0 atom stereocenters. The normalized spacial score (nSPS) is 13.5. The summed E-state index contributed by atoms with van der Waals surface area (Å²) in [6, 6.07) is 18.6. The second-order valence-electron chi connectivity index (χ2n) is 7.73. The number of pyridine rings is 3. The minimum atomic E-state index is 0.609. The van der Waals surface area contributed by atoms with Gasteiger partial charge in [-0.25, -0.2) is 15.0 Å². The van der Waals surface area contributed by atoms with Gasteiger partial charge in [-0.15, -0.1) is 0 Å². The number of imidazole rings is 1. The summed E-state index contributed by atoms with van der Waals surface area (Å²) in [5.41, 5.74) is 4.18. The van der Waals surface area contributed by atoms with E-state index in [4.69, 9.17) is 14.7 Å². The van der Waals surface area contributed by atoms with Crippen LogP contribution in [-0.2, 0) is 6.42 Å². The van der Waals surface area contributed by atoms with Crippen LogP contribution in [0.1, 0.15) is 12.1 Å². The molecule has 6 heteroatoms. The molecule has 0 aliphatic carbocycles. The van der Waals surface area contributed by atoms with E-state index in [-0.39, 0.29) is 0 Å². The molecular formula is C25H21N5O. The van der Waals surface area contributed by atoms with Crippen molar-refractivity contribution in [1.29, 1.82) is 0 Å². The lowest BCUT2D eigenvalue weighted by molar-refractivity contribution is 0.398. The van der Waals surface area contributed by atoms with E-state index in [0.717, 1.165) is 58.9 Å². The van der Waals surface area contributed by atoms with Crippen LogP contribution in [0.25, 0.3) is 27.5 Å². The zero-order valence-corrected chi connectivity index (χ0v) is 17.2. The smallest absolute Gasteiger partial charge is 0.212 e. The molecule has 0 N–H and O–H groups in total. The summed E-state index contributed by atoms with van der Waals surface area (Å²) in [4.78, 5) is 16.4. The lowest BCUT2D eigenvalue weighted by atomic mass is 10.1. The average molecular weight is 407 g/mol. The molecule has 0 bridgehead atoms. The molecule has 1 aromatic carbocycles. The first kappa shape index (κ1) is 17.9. The lowest BCUT2D eigenvalue weighted by Crippen LogP contribution is -2.26. The Hall–Kier alpha value is -3.93. The van der Waals surface area contributed by atoms with Gasteiger partial charge >= 0.3 is 0 Å². The van der Waals surface area contributed by atoms with Crippen molar-refractivity contribution in [2.75, 3.05) is 18.6 Å². The van der Waals surface area contributed by atoms with Crippen molar-refractivity contribution < 1.29 is 4.74 Å². The molecule has 0 unspecified atom stereocenters. The largest absolute Gasteiger partial charge is 0.481 e. The van der Waals surface area contributed by atoms with Crippen molar-refractivity contribution in [1.82, 2.24) is 19.4 Å². The van der Waals surface area contributed by atoms with Crippen LogP contribution < -0.4 is 9.64 Å². The Labute approximate surface area is 179 Å². The van der Waals surface area contributed by atoms with Gasteiger partial charge in [-0.1, -0.05) is 24.3 Å². The molecule has 0 fully saturated rings. The van der Waals surface area contributed by atoms with Crippen molar-refractivity contribution in [3.63, 3.8) is 0 Å².